The van der Waals surface area contributed by atoms with Crippen LogP contribution < -0.4 is 9.64 Å². The molecule has 4 rings (SSSR count). The number of unbranched alkanes of at least 4 members (excludes halogenated alkanes) is 2. The number of rotatable bonds is 7. The molecule has 1 aliphatic heterocycles. The number of hydrogen-bond acceptors (Lipinski definition) is 3. The largest absolute Gasteiger partial charge is 0.495 e. The van der Waals surface area contributed by atoms with Gasteiger partial charge in [0.15, 0.2) is 0 Å². The predicted octanol–water partition coefficient (Wildman–Crippen LogP) is 4.76. The molecule has 0 radical (unpaired) electrons. The van der Waals surface area contributed by atoms with Crippen molar-refractivity contribution in [1.29, 1.82) is 0 Å². The number of aryl methyl sites for hydroxylation is 1. The quantitative estimate of drug-likeness (QED) is 0.558. The highest BCUT2D eigenvalue weighted by molar-refractivity contribution is 5.97. The number of benzene rings is 2. The zero-order valence-corrected chi connectivity index (χ0v) is 16.6. The van der Waals surface area contributed by atoms with E-state index in [0.717, 1.165) is 41.3 Å². The lowest BCUT2D eigenvalue weighted by atomic mass is 10.1. The minimum absolute atomic E-state index is 0.0893. The first-order valence-corrected chi connectivity index (χ1v) is 10.1. The summed E-state index contributed by atoms with van der Waals surface area (Å²) in [5.41, 5.74) is 3.01. The molecule has 0 N–H and O–H groups in total. The van der Waals surface area contributed by atoms with Crippen LogP contribution in [0.1, 0.15) is 44.3 Å². The predicted molar refractivity (Wildman–Crippen MR) is 112 cm³/mol. The maximum atomic E-state index is 12.8. The van der Waals surface area contributed by atoms with E-state index in [4.69, 9.17) is 9.72 Å². The zero-order valence-electron chi connectivity index (χ0n) is 16.6. The smallest absolute Gasteiger partial charge is 0.227 e. The second-order valence-electron chi connectivity index (χ2n) is 7.39. The Bertz CT molecular complexity index is 979. The summed E-state index contributed by atoms with van der Waals surface area (Å²) >= 11 is 0. The second kappa shape index (κ2) is 8.05. The normalized spacial score (nSPS) is 16.9. The van der Waals surface area contributed by atoms with E-state index in [9.17, 15) is 4.79 Å². The highest BCUT2D eigenvalue weighted by Crippen LogP contribution is 2.37. The first kappa shape index (κ1) is 18.5. The van der Waals surface area contributed by atoms with Crippen molar-refractivity contribution < 1.29 is 9.53 Å². The fourth-order valence-corrected chi connectivity index (χ4v) is 4.13. The number of imidazole rings is 1. The highest BCUT2D eigenvalue weighted by atomic mass is 16.5. The van der Waals surface area contributed by atoms with Gasteiger partial charge in [-0.05, 0) is 30.7 Å². The summed E-state index contributed by atoms with van der Waals surface area (Å²) < 4.78 is 7.80. The number of ether oxygens (including phenoxy) is 1. The number of amides is 1. The third-order valence-corrected chi connectivity index (χ3v) is 5.54. The molecule has 2 heterocycles. The van der Waals surface area contributed by atoms with Crippen molar-refractivity contribution in [2.75, 3.05) is 18.6 Å². The van der Waals surface area contributed by atoms with Crippen LogP contribution in [0.5, 0.6) is 5.75 Å². The van der Waals surface area contributed by atoms with Crippen LogP contribution in [-0.2, 0) is 11.3 Å². The van der Waals surface area contributed by atoms with Gasteiger partial charge in [0.2, 0.25) is 5.91 Å². The summed E-state index contributed by atoms with van der Waals surface area (Å²) in [5.74, 6) is 1.98. The van der Waals surface area contributed by atoms with Crippen LogP contribution in [0.25, 0.3) is 11.0 Å². The lowest BCUT2D eigenvalue weighted by molar-refractivity contribution is -0.117. The molecule has 1 unspecified atom stereocenters. The zero-order chi connectivity index (χ0) is 19.5. The lowest BCUT2D eigenvalue weighted by Crippen LogP contribution is -2.25. The Morgan fingerprint density at radius 1 is 1.11 bits per heavy atom. The summed E-state index contributed by atoms with van der Waals surface area (Å²) in [4.78, 5) is 19.6. The van der Waals surface area contributed by atoms with Crippen molar-refractivity contribution >= 4 is 22.6 Å². The van der Waals surface area contributed by atoms with E-state index < -0.39 is 0 Å². The standard InChI is InChI=1S/C23H27N3O2/c1-3-4-9-14-25-19-11-6-5-10-18(19)24-23(25)17-15-22(27)26(16-17)20-12-7-8-13-21(20)28-2/h5-8,10-13,17H,3-4,9,14-16H2,1-2H3. The van der Waals surface area contributed by atoms with Gasteiger partial charge in [-0.1, -0.05) is 44.0 Å². The van der Waals surface area contributed by atoms with Gasteiger partial charge in [0.05, 0.1) is 23.8 Å². The third-order valence-electron chi connectivity index (χ3n) is 5.54. The van der Waals surface area contributed by atoms with Crippen molar-refractivity contribution in [3.63, 3.8) is 0 Å². The molecule has 1 fully saturated rings. The first-order valence-electron chi connectivity index (χ1n) is 10.1. The number of anilines is 1. The van der Waals surface area contributed by atoms with Gasteiger partial charge < -0.3 is 14.2 Å². The molecule has 1 saturated heterocycles. The minimum Gasteiger partial charge on any atom is -0.495 e. The Kier molecular flexibility index (Phi) is 5.33. The Morgan fingerprint density at radius 3 is 2.71 bits per heavy atom. The summed E-state index contributed by atoms with van der Waals surface area (Å²) in [7, 11) is 1.64. The van der Waals surface area contributed by atoms with Crippen molar-refractivity contribution in [3.05, 3.63) is 54.4 Å². The van der Waals surface area contributed by atoms with Crippen LogP contribution in [0, 0.1) is 0 Å². The second-order valence-corrected chi connectivity index (χ2v) is 7.39. The summed E-state index contributed by atoms with van der Waals surface area (Å²) in [5, 5.41) is 0. The Morgan fingerprint density at radius 2 is 1.89 bits per heavy atom. The van der Waals surface area contributed by atoms with E-state index in [2.05, 4.69) is 29.7 Å². The van der Waals surface area contributed by atoms with Gasteiger partial charge in [-0.3, -0.25) is 4.79 Å². The van der Waals surface area contributed by atoms with Gasteiger partial charge in [-0.25, -0.2) is 4.98 Å². The average Bonchev–Trinajstić information content (AvgIpc) is 3.29. The number of fused-ring (bicyclic) bond motifs is 1. The van der Waals surface area contributed by atoms with Crippen molar-refractivity contribution in [3.8, 4) is 5.75 Å². The fourth-order valence-electron chi connectivity index (χ4n) is 4.13. The minimum atomic E-state index is 0.0893. The van der Waals surface area contributed by atoms with Gasteiger partial charge >= 0.3 is 0 Å². The van der Waals surface area contributed by atoms with Gasteiger partial charge in [0.25, 0.3) is 0 Å². The Hall–Kier alpha value is -2.82. The van der Waals surface area contributed by atoms with Crippen LogP contribution in [0.3, 0.4) is 0 Å². The van der Waals surface area contributed by atoms with E-state index in [0.29, 0.717) is 13.0 Å². The molecule has 5 nitrogen and oxygen atoms in total. The Balaban J connectivity index is 1.67. The van der Waals surface area contributed by atoms with Gasteiger partial charge in [-0.2, -0.15) is 0 Å². The van der Waals surface area contributed by atoms with Crippen LogP contribution in [0.4, 0.5) is 5.69 Å². The number of carbonyl (C=O) groups is 1. The number of nitrogens with zero attached hydrogens (tertiary/aromatic N) is 3. The molecule has 1 aliphatic rings. The van der Waals surface area contributed by atoms with Crippen LogP contribution in [-0.4, -0.2) is 29.1 Å². The molecule has 28 heavy (non-hydrogen) atoms. The maximum Gasteiger partial charge on any atom is 0.227 e. The fraction of sp³-hybridized carbons (Fsp3) is 0.391. The SMILES string of the molecule is CCCCCn1c(C2CC(=O)N(c3ccccc3OC)C2)nc2ccccc21. The van der Waals surface area contributed by atoms with Gasteiger partial charge in [0, 0.05) is 25.4 Å². The van der Waals surface area contributed by atoms with E-state index in [1.54, 1.807) is 7.11 Å². The van der Waals surface area contributed by atoms with Crippen LogP contribution in [0.15, 0.2) is 48.5 Å². The van der Waals surface area contributed by atoms with Crippen molar-refractivity contribution in [2.45, 2.75) is 45.1 Å². The molecule has 1 amide bonds. The Labute approximate surface area is 165 Å². The molecule has 3 aromatic rings. The summed E-state index contributed by atoms with van der Waals surface area (Å²) in [6, 6.07) is 16.0. The number of aromatic nitrogens is 2. The molecule has 1 aromatic heterocycles. The molecule has 5 heteroatoms. The maximum absolute atomic E-state index is 12.8. The highest BCUT2D eigenvalue weighted by Gasteiger charge is 2.35. The van der Waals surface area contributed by atoms with E-state index in [1.165, 1.54) is 12.8 Å². The number of para-hydroxylation sites is 4. The molecule has 1 atom stereocenters. The van der Waals surface area contributed by atoms with Gasteiger partial charge in [-0.15, -0.1) is 0 Å². The van der Waals surface area contributed by atoms with Crippen LogP contribution in [0.2, 0.25) is 0 Å². The number of methoxy groups -OCH3 is 1. The number of hydrogen-bond donors (Lipinski definition) is 0. The van der Waals surface area contributed by atoms with Crippen LogP contribution >= 0.6 is 0 Å². The third kappa shape index (κ3) is 3.37. The van der Waals surface area contributed by atoms with E-state index in [1.807, 2.05) is 35.2 Å². The molecular formula is C23H27N3O2. The average molecular weight is 377 g/mol. The first-order chi connectivity index (χ1) is 13.7. The molecule has 146 valence electrons. The van der Waals surface area contributed by atoms with Crippen molar-refractivity contribution in [2.24, 2.45) is 0 Å². The molecule has 0 bridgehead atoms. The summed E-state index contributed by atoms with van der Waals surface area (Å²) in [6.45, 7) is 3.80. The number of carbonyl (C=O) groups excluding carboxylic acids is 1. The van der Waals surface area contributed by atoms with E-state index >= 15 is 0 Å². The topological polar surface area (TPSA) is 47.4 Å². The summed E-state index contributed by atoms with van der Waals surface area (Å²) in [6.07, 6.45) is 3.99. The molecular weight excluding hydrogens is 350 g/mol. The lowest BCUT2D eigenvalue weighted by Gasteiger charge is -2.19. The molecule has 2 aromatic carbocycles. The monoisotopic (exact) mass is 377 g/mol. The molecule has 0 spiro atoms. The molecule has 0 aliphatic carbocycles. The molecule has 0 saturated carbocycles. The van der Waals surface area contributed by atoms with E-state index in [-0.39, 0.29) is 11.8 Å². The van der Waals surface area contributed by atoms with Crippen molar-refractivity contribution in [1.82, 2.24) is 9.55 Å². The van der Waals surface area contributed by atoms with Gasteiger partial charge in [0.1, 0.15) is 11.6 Å².